The minimum atomic E-state index is -0.0752. The molecule has 144 valence electrons. The van der Waals surface area contributed by atoms with Crippen LogP contribution >= 0.6 is 12.4 Å². The summed E-state index contributed by atoms with van der Waals surface area (Å²) < 4.78 is 8.19. The predicted octanol–water partition coefficient (Wildman–Crippen LogP) is 5.55. The van der Waals surface area contributed by atoms with Crippen molar-refractivity contribution >= 4 is 23.4 Å². The van der Waals surface area contributed by atoms with Gasteiger partial charge in [-0.25, -0.2) is 4.98 Å². The molecule has 0 bridgehead atoms. The van der Waals surface area contributed by atoms with E-state index in [0.717, 1.165) is 29.8 Å². The Bertz CT molecular complexity index is 1030. The van der Waals surface area contributed by atoms with Gasteiger partial charge in [0, 0.05) is 6.54 Å². The number of phenolic OH excluding ortho intramolecular Hbond substituents is 1. The summed E-state index contributed by atoms with van der Waals surface area (Å²) in [6, 6.07) is 23.5. The van der Waals surface area contributed by atoms with Crippen LogP contribution in [0.4, 0.5) is 0 Å². The van der Waals surface area contributed by atoms with Crippen LogP contribution in [0.15, 0.2) is 79.1 Å². The van der Waals surface area contributed by atoms with E-state index < -0.39 is 0 Å². The first-order valence-electron chi connectivity index (χ1n) is 9.13. The van der Waals surface area contributed by atoms with Crippen molar-refractivity contribution in [3.05, 3.63) is 90.3 Å². The normalized spacial score (nSPS) is 11.8. The Morgan fingerprint density at radius 1 is 0.964 bits per heavy atom. The minimum absolute atomic E-state index is 0. The smallest absolute Gasteiger partial charge is 0.121 e. The van der Waals surface area contributed by atoms with Crippen LogP contribution in [0.2, 0.25) is 0 Å². The van der Waals surface area contributed by atoms with Gasteiger partial charge in [-0.15, -0.1) is 12.4 Å². The summed E-state index contributed by atoms with van der Waals surface area (Å²) in [5.74, 6) is 1.10. The number of halogens is 1. The molecule has 0 saturated carbocycles. The van der Waals surface area contributed by atoms with Gasteiger partial charge in [-0.3, -0.25) is 0 Å². The van der Waals surface area contributed by atoms with Crippen molar-refractivity contribution in [3.63, 3.8) is 0 Å². The van der Waals surface area contributed by atoms with E-state index in [1.54, 1.807) is 12.1 Å². The maximum absolute atomic E-state index is 9.39. The average Bonchev–Trinajstić information content (AvgIpc) is 3.11. The molecule has 0 aliphatic rings. The monoisotopic (exact) mass is 394 g/mol. The lowest BCUT2D eigenvalue weighted by atomic mass is 10.1. The number of phenols is 1. The van der Waals surface area contributed by atoms with Crippen molar-refractivity contribution in [2.45, 2.75) is 26.0 Å². The fraction of sp³-hybridized carbons (Fsp3) is 0.174. The van der Waals surface area contributed by atoms with Gasteiger partial charge in [0.15, 0.2) is 0 Å². The molecule has 1 unspecified atom stereocenters. The maximum Gasteiger partial charge on any atom is 0.121 e. The van der Waals surface area contributed by atoms with Crippen molar-refractivity contribution in [3.8, 4) is 11.5 Å². The molecule has 1 aromatic heterocycles. The Morgan fingerprint density at radius 2 is 1.68 bits per heavy atom. The van der Waals surface area contributed by atoms with Crippen LogP contribution in [0.3, 0.4) is 0 Å². The summed E-state index contributed by atoms with van der Waals surface area (Å²) in [4.78, 5) is 4.44. The number of rotatable bonds is 6. The van der Waals surface area contributed by atoms with Gasteiger partial charge in [0.1, 0.15) is 17.6 Å². The lowest BCUT2D eigenvalue weighted by Gasteiger charge is -2.15. The molecule has 1 atom stereocenters. The van der Waals surface area contributed by atoms with Crippen LogP contribution < -0.4 is 4.74 Å². The maximum atomic E-state index is 9.39. The number of benzene rings is 3. The van der Waals surface area contributed by atoms with Crippen molar-refractivity contribution in [2.75, 3.05) is 0 Å². The van der Waals surface area contributed by atoms with Gasteiger partial charge in [-0.05, 0) is 60.9 Å². The number of para-hydroxylation sites is 2. The highest BCUT2D eigenvalue weighted by atomic mass is 35.5. The molecule has 4 nitrogen and oxygen atoms in total. The molecule has 4 aromatic rings. The fourth-order valence-corrected chi connectivity index (χ4v) is 3.19. The predicted molar refractivity (Wildman–Crippen MR) is 114 cm³/mol. The van der Waals surface area contributed by atoms with Crippen LogP contribution in [0.5, 0.6) is 11.5 Å². The highest BCUT2D eigenvalue weighted by Gasteiger charge is 2.08. The molecule has 28 heavy (non-hydrogen) atoms. The number of aromatic nitrogens is 2. The highest BCUT2D eigenvalue weighted by Crippen LogP contribution is 2.24. The molecule has 0 amide bonds. The molecular weight excluding hydrogens is 372 g/mol. The van der Waals surface area contributed by atoms with Crippen molar-refractivity contribution in [2.24, 2.45) is 0 Å². The summed E-state index contributed by atoms with van der Waals surface area (Å²) in [5, 5.41) is 9.39. The number of ether oxygens (including phenoxy) is 1. The number of aromatic hydroxyl groups is 1. The molecule has 0 aliphatic carbocycles. The number of imidazole rings is 1. The number of hydrogen-bond donors (Lipinski definition) is 1. The molecule has 3 aromatic carbocycles. The highest BCUT2D eigenvalue weighted by molar-refractivity contribution is 5.85. The average molecular weight is 395 g/mol. The summed E-state index contributed by atoms with van der Waals surface area (Å²) in [6.07, 6.45) is 2.77. The summed E-state index contributed by atoms with van der Waals surface area (Å²) in [5.41, 5.74) is 4.49. The summed E-state index contributed by atoms with van der Waals surface area (Å²) >= 11 is 0. The van der Waals surface area contributed by atoms with Crippen LogP contribution in [0.1, 0.15) is 24.2 Å². The standard InChI is InChI=1S/C23H22N2O2.ClH/c1-17(19-8-10-20(26)11-9-19)27-21-12-6-18(7-13-21)14-15-25-16-24-22-4-2-3-5-23(22)25;/h2-13,16-17,26H,14-15H2,1H3;1H. The van der Waals surface area contributed by atoms with E-state index in [1.165, 1.54) is 11.1 Å². The minimum Gasteiger partial charge on any atom is -0.508 e. The number of aryl methyl sites for hydroxylation is 2. The molecule has 5 heteroatoms. The fourth-order valence-electron chi connectivity index (χ4n) is 3.19. The lowest BCUT2D eigenvalue weighted by molar-refractivity contribution is 0.227. The Labute approximate surface area is 170 Å². The van der Waals surface area contributed by atoms with E-state index in [0.29, 0.717) is 0 Å². The third-order valence-corrected chi connectivity index (χ3v) is 4.77. The second-order valence-corrected chi connectivity index (χ2v) is 6.67. The zero-order chi connectivity index (χ0) is 18.6. The van der Waals surface area contributed by atoms with Crippen LogP contribution in [-0.4, -0.2) is 14.7 Å². The number of hydrogen-bond acceptors (Lipinski definition) is 3. The van der Waals surface area contributed by atoms with Gasteiger partial charge < -0.3 is 14.4 Å². The van der Waals surface area contributed by atoms with Crippen molar-refractivity contribution in [1.82, 2.24) is 9.55 Å². The van der Waals surface area contributed by atoms with E-state index in [-0.39, 0.29) is 24.3 Å². The lowest BCUT2D eigenvalue weighted by Crippen LogP contribution is -2.03. The second kappa shape index (κ2) is 8.81. The topological polar surface area (TPSA) is 47.3 Å². The molecule has 1 heterocycles. The molecule has 0 radical (unpaired) electrons. The Kier molecular flexibility index (Phi) is 6.22. The third-order valence-electron chi connectivity index (χ3n) is 4.77. The van der Waals surface area contributed by atoms with E-state index >= 15 is 0 Å². The van der Waals surface area contributed by atoms with Gasteiger partial charge >= 0.3 is 0 Å². The van der Waals surface area contributed by atoms with Crippen LogP contribution in [-0.2, 0) is 13.0 Å². The largest absolute Gasteiger partial charge is 0.508 e. The molecule has 0 fully saturated rings. The molecule has 0 aliphatic heterocycles. The first-order chi connectivity index (χ1) is 13.2. The van der Waals surface area contributed by atoms with E-state index in [1.807, 2.05) is 55.7 Å². The molecule has 4 rings (SSSR count). The van der Waals surface area contributed by atoms with E-state index in [9.17, 15) is 5.11 Å². The number of fused-ring (bicyclic) bond motifs is 1. The van der Waals surface area contributed by atoms with Crippen LogP contribution in [0, 0.1) is 0 Å². The van der Waals surface area contributed by atoms with Gasteiger partial charge in [0.05, 0.1) is 17.4 Å². The molecule has 0 spiro atoms. The molecular formula is C23H23ClN2O2. The second-order valence-electron chi connectivity index (χ2n) is 6.67. The zero-order valence-electron chi connectivity index (χ0n) is 15.7. The first-order valence-corrected chi connectivity index (χ1v) is 9.13. The van der Waals surface area contributed by atoms with Crippen molar-refractivity contribution in [1.29, 1.82) is 0 Å². The van der Waals surface area contributed by atoms with Gasteiger partial charge in [0.25, 0.3) is 0 Å². The van der Waals surface area contributed by atoms with Gasteiger partial charge in [-0.1, -0.05) is 36.4 Å². The molecule has 1 N–H and O–H groups in total. The van der Waals surface area contributed by atoms with E-state index in [2.05, 4.69) is 27.8 Å². The summed E-state index contributed by atoms with van der Waals surface area (Å²) in [6.45, 7) is 2.90. The Morgan fingerprint density at radius 3 is 2.43 bits per heavy atom. The molecule has 0 saturated heterocycles. The van der Waals surface area contributed by atoms with Gasteiger partial charge in [-0.2, -0.15) is 0 Å². The summed E-state index contributed by atoms with van der Waals surface area (Å²) in [7, 11) is 0. The zero-order valence-corrected chi connectivity index (χ0v) is 16.5. The quantitative estimate of drug-likeness (QED) is 0.466. The Balaban J connectivity index is 0.00000225. The number of nitrogens with zero attached hydrogens (tertiary/aromatic N) is 2. The van der Waals surface area contributed by atoms with E-state index in [4.69, 9.17) is 4.74 Å². The van der Waals surface area contributed by atoms with Gasteiger partial charge in [0.2, 0.25) is 0 Å². The SMILES string of the molecule is CC(Oc1ccc(CCn2cnc3ccccc32)cc1)c1ccc(O)cc1.Cl. The first kappa shape index (κ1) is 19.8. The third kappa shape index (κ3) is 4.46. The van der Waals surface area contributed by atoms with Crippen LogP contribution in [0.25, 0.3) is 11.0 Å². The van der Waals surface area contributed by atoms with Crippen molar-refractivity contribution < 1.29 is 9.84 Å². The Hall–Kier alpha value is -2.98.